The third kappa shape index (κ3) is 3.66. The first kappa shape index (κ1) is 16.9. The third-order valence-electron chi connectivity index (χ3n) is 4.15. The fourth-order valence-corrected chi connectivity index (χ4v) is 3.51. The molecule has 4 rings (SSSR count). The number of ether oxygens (including phenoxy) is 1. The smallest absolute Gasteiger partial charge is 0.271 e. The summed E-state index contributed by atoms with van der Waals surface area (Å²) in [7, 11) is 1.64. The van der Waals surface area contributed by atoms with E-state index in [4.69, 9.17) is 4.74 Å². The topological polar surface area (TPSA) is 89.0 Å². The zero-order valence-corrected chi connectivity index (χ0v) is 15.1. The van der Waals surface area contributed by atoms with E-state index in [0.717, 1.165) is 28.6 Å². The Morgan fingerprint density at radius 1 is 1.38 bits per heavy atom. The highest BCUT2D eigenvalue weighted by molar-refractivity contribution is 7.17. The van der Waals surface area contributed by atoms with Crippen molar-refractivity contribution in [3.63, 3.8) is 0 Å². The third-order valence-corrected chi connectivity index (χ3v) is 5.07. The molecule has 0 aromatic carbocycles. The molecule has 1 unspecified atom stereocenters. The van der Waals surface area contributed by atoms with E-state index in [1.807, 2.05) is 23.6 Å². The molecule has 0 spiro atoms. The summed E-state index contributed by atoms with van der Waals surface area (Å²) in [5, 5.41) is 8.21. The Labute approximate surface area is 154 Å². The fraction of sp³-hybridized carbons (Fsp3) is 0.333. The second-order valence-corrected chi connectivity index (χ2v) is 7.13. The van der Waals surface area contributed by atoms with Crippen molar-refractivity contribution in [3.8, 4) is 0 Å². The molecule has 1 saturated carbocycles. The summed E-state index contributed by atoms with van der Waals surface area (Å²) in [4.78, 5) is 25.8. The van der Waals surface area contributed by atoms with Gasteiger partial charge in [-0.3, -0.25) is 9.78 Å². The largest absolute Gasteiger partial charge is 0.382 e. The predicted molar refractivity (Wildman–Crippen MR) is 100 cm³/mol. The maximum absolute atomic E-state index is 12.6. The molecule has 1 aliphatic carbocycles. The number of fused-ring (bicyclic) bond motifs is 1. The van der Waals surface area contributed by atoms with Crippen molar-refractivity contribution >= 4 is 33.4 Å². The highest BCUT2D eigenvalue weighted by atomic mass is 32.1. The molecule has 3 heterocycles. The zero-order chi connectivity index (χ0) is 17.9. The number of carbonyl (C=O) groups is 1. The molecule has 0 radical (unpaired) electrons. The number of hydrogen-bond acceptors (Lipinski definition) is 7. The zero-order valence-electron chi connectivity index (χ0n) is 14.3. The quantitative estimate of drug-likeness (QED) is 0.666. The number of nitrogens with one attached hydrogen (secondary N) is 2. The van der Waals surface area contributed by atoms with Gasteiger partial charge in [0.1, 0.15) is 0 Å². The van der Waals surface area contributed by atoms with E-state index in [2.05, 4.69) is 25.6 Å². The van der Waals surface area contributed by atoms with Gasteiger partial charge in [0, 0.05) is 25.5 Å². The van der Waals surface area contributed by atoms with E-state index in [1.165, 1.54) is 11.3 Å². The molecule has 3 aromatic rings. The highest BCUT2D eigenvalue weighted by Crippen LogP contribution is 2.27. The van der Waals surface area contributed by atoms with E-state index in [9.17, 15) is 4.79 Å². The van der Waals surface area contributed by atoms with Crippen LogP contribution >= 0.6 is 11.3 Å². The first-order chi connectivity index (χ1) is 12.7. The molecule has 2 N–H and O–H groups in total. The molecule has 1 amide bonds. The minimum absolute atomic E-state index is 0.143. The number of nitrogens with zero attached hydrogens (tertiary/aromatic N) is 3. The van der Waals surface area contributed by atoms with E-state index in [1.54, 1.807) is 19.5 Å². The average Bonchev–Trinajstić information content (AvgIpc) is 3.34. The summed E-state index contributed by atoms with van der Waals surface area (Å²) in [5.74, 6) is 0.262. The van der Waals surface area contributed by atoms with Gasteiger partial charge in [0.25, 0.3) is 5.91 Å². The van der Waals surface area contributed by atoms with Crippen molar-refractivity contribution in [2.24, 2.45) is 0 Å². The van der Waals surface area contributed by atoms with Gasteiger partial charge in [-0.2, -0.15) is 0 Å². The molecule has 7 nitrogen and oxygen atoms in total. The van der Waals surface area contributed by atoms with Crippen molar-refractivity contribution in [3.05, 3.63) is 47.2 Å². The number of amides is 1. The lowest BCUT2D eigenvalue weighted by molar-refractivity contribution is 0.0948. The van der Waals surface area contributed by atoms with Gasteiger partial charge in [-0.25, -0.2) is 9.97 Å². The number of anilines is 1. The van der Waals surface area contributed by atoms with Crippen molar-refractivity contribution in [2.75, 3.05) is 19.0 Å². The normalized spacial score (nSPS) is 15.0. The van der Waals surface area contributed by atoms with Crippen molar-refractivity contribution in [1.82, 2.24) is 20.3 Å². The molecule has 1 fully saturated rings. The van der Waals surface area contributed by atoms with Crippen LogP contribution in [0, 0.1) is 0 Å². The van der Waals surface area contributed by atoms with E-state index in [-0.39, 0.29) is 18.0 Å². The van der Waals surface area contributed by atoms with Crippen molar-refractivity contribution in [1.29, 1.82) is 0 Å². The second-order valence-electron chi connectivity index (χ2n) is 6.22. The number of thiophene rings is 1. The van der Waals surface area contributed by atoms with Crippen LogP contribution in [0.2, 0.25) is 0 Å². The lowest BCUT2D eigenvalue weighted by atomic mass is 10.1. The Kier molecular flexibility index (Phi) is 4.77. The number of carbonyl (C=O) groups excluding carboxylic acids is 1. The fourth-order valence-electron chi connectivity index (χ4n) is 2.69. The van der Waals surface area contributed by atoms with Crippen LogP contribution in [0.4, 0.5) is 5.95 Å². The lowest BCUT2D eigenvalue weighted by Gasteiger charge is -2.18. The monoisotopic (exact) mass is 369 g/mol. The lowest BCUT2D eigenvalue weighted by Crippen LogP contribution is -2.27. The van der Waals surface area contributed by atoms with E-state index < -0.39 is 0 Å². The van der Waals surface area contributed by atoms with Crippen LogP contribution < -0.4 is 10.6 Å². The van der Waals surface area contributed by atoms with Crippen LogP contribution in [0.1, 0.15) is 34.9 Å². The van der Waals surface area contributed by atoms with Crippen LogP contribution in [-0.4, -0.2) is 40.6 Å². The molecular formula is C18H19N5O2S. The average molecular weight is 369 g/mol. The van der Waals surface area contributed by atoms with Crippen molar-refractivity contribution in [2.45, 2.75) is 24.9 Å². The summed E-state index contributed by atoms with van der Waals surface area (Å²) < 4.78 is 6.12. The Hall–Kier alpha value is -2.58. The van der Waals surface area contributed by atoms with Crippen LogP contribution in [0.15, 0.2) is 36.0 Å². The van der Waals surface area contributed by atoms with Gasteiger partial charge in [-0.15, -0.1) is 11.3 Å². The highest BCUT2D eigenvalue weighted by Gasteiger charge is 2.26. The van der Waals surface area contributed by atoms with Crippen LogP contribution in [0.5, 0.6) is 0 Å². The maximum Gasteiger partial charge on any atom is 0.271 e. The number of methoxy groups -OCH3 is 1. The summed E-state index contributed by atoms with van der Waals surface area (Å²) in [6.45, 7) is 0.431. The predicted octanol–water partition coefficient (Wildman–Crippen LogP) is 2.78. The van der Waals surface area contributed by atoms with Gasteiger partial charge in [0.15, 0.2) is 5.69 Å². The molecule has 0 saturated heterocycles. The number of pyridine rings is 1. The van der Waals surface area contributed by atoms with Crippen LogP contribution in [-0.2, 0) is 4.74 Å². The molecule has 1 atom stereocenters. The maximum atomic E-state index is 12.6. The van der Waals surface area contributed by atoms with E-state index in [0.29, 0.717) is 18.2 Å². The van der Waals surface area contributed by atoms with E-state index >= 15 is 0 Å². The van der Waals surface area contributed by atoms with Gasteiger partial charge >= 0.3 is 0 Å². The SMILES string of the molecule is COCC(Nc1nc(C(=O)NC2CC2)c2sccc2n1)c1cccnc1. The molecule has 26 heavy (non-hydrogen) atoms. The first-order valence-electron chi connectivity index (χ1n) is 8.46. The summed E-state index contributed by atoms with van der Waals surface area (Å²) >= 11 is 1.48. The minimum Gasteiger partial charge on any atom is -0.382 e. The summed E-state index contributed by atoms with van der Waals surface area (Å²) in [6.07, 6.45) is 5.57. The van der Waals surface area contributed by atoms with Gasteiger partial charge in [0.2, 0.25) is 5.95 Å². The molecule has 0 aliphatic heterocycles. The van der Waals surface area contributed by atoms with Crippen LogP contribution in [0.25, 0.3) is 10.2 Å². The van der Waals surface area contributed by atoms with Gasteiger partial charge < -0.3 is 15.4 Å². The molecule has 0 bridgehead atoms. The second kappa shape index (κ2) is 7.35. The molecule has 8 heteroatoms. The number of hydrogen-bond donors (Lipinski definition) is 2. The Morgan fingerprint density at radius 2 is 2.27 bits per heavy atom. The summed E-state index contributed by atoms with van der Waals surface area (Å²) in [5.41, 5.74) is 2.14. The molecule has 134 valence electrons. The standard InChI is InChI=1S/C18H19N5O2S/c1-25-10-14(11-3-2-7-19-9-11)22-18-21-13-6-8-26-16(13)15(23-18)17(24)20-12-4-5-12/h2-3,6-9,12,14H,4-5,10H2,1H3,(H,20,24)(H,21,22,23). The molecular weight excluding hydrogens is 350 g/mol. The number of aromatic nitrogens is 3. The number of rotatable bonds is 7. The Morgan fingerprint density at radius 3 is 3.00 bits per heavy atom. The van der Waals surface area contributed by atoms with Crippen molar-refractivity contribution < 1.29 is 9.53 Å². The molecule has 3 aromatic heterocycles. The van der Waals surface area contributed by atoms with Crippen LogP contribution in [0.3, 0.4) is 0 Å². The minimum atomic E-state index is -0.163. The van der Waals surface area contributed by atoms with Gasteiger partial charge in [0.05, 0.1) is 22.9 Å². The first-order valence-corrected chi connectivity index (χ1v) is 9.34. The molecule has 1 aliphatic rings. The van der Waals surface area contributed by atoms with Gasteiger partial charge in [-0.05, 0) is 35.9 Å². The Balaban J connectivity index is 1.65. The Bertz CT molecular complexity index is 910. The van der Waals surface area contributed by atoms with Gasteiger partial charge in [-0.1, -0.05) is 6.07 Å². The summed E-state index contributed by atoms with van der Waals surface area (Å²) in [6, 6.07) is 5.85.